The minimum atomic E-state index is 0.635. The Kier molecular flexibility index (Phi) is 4.55. The fraction of sp³-hybridized carbons (Fsp3) is 0.278. The molecule has 132 valence electrons. The maximum absolute atomic E-state index is 4.60. The van der Waals surface area contributed by atoms with Crippen LogP contribution in [0.2, 0.25) is 0 Å². The monoisotopic (exact) mass is 348 g/mol. The van der Waals surface area contributed by atoms with Crippen LogP contribution in [0.15, 0.2) is 48.9 Å². The first kappa shape index (κ1) is 16.2. The summed E-state index contributed by atoms with van der Waals surface area (Å²) in [7, 11) is 0. The molecule has 0 spiro atoms. The van der Waals surface area contributed by atoms with E-state index in [2.05, 4.69) is 59.3 Å². The zero-order valence-electron chi connectivity index (χ0n) is 14.6. The number of anilines is 4. The lowest BCUT2D eigenvalue weighted by atomic mass is 10.2. The van der Waals surface area contributed by atoms with Crippen molar-refractivity contribution in [2.24, 2.45) is 0 Å². The Labute approximate surface area is 152 Å². The van der Waals surface area contributed by atoms with Gasteiger partial charge in [-0.3, -0.25) is 0 Å². The van der Waals surface area contributed by atoms with Crippen molar-refractivity contribution in [2.75, 3.05) is 41.3 Å². The van der Waals surface area contributed by atoms with E-state index in [1.807, 2.05) is 18.2 Å². The second-order valence-electron chi connectivity index (χ2n) is 6.16. The minimum Gasteiger partial charge on any atom is -0.339 e. The second kappa shape index (κ2) is 7.30. The highest BCUT2D eigenvalue weighted by Crippen LogP contribution is 2.18. The number of aromatic nitrogens is 5. The number of nitrogens with zero attached hydrogens (tertiary/aromatic N) is 7. The standard InChI is InChI=1S/C18H20N8/c1-14-3-5-15(6-4-14)22-16-13-21-24-18(23-16)26-11-9-25(10-12-26)17-19-7-2-8-20-17/h2-8,13H,9-12H2,1H3,(H,22,23,24). The average molecular weight is 348 g/mol. The van der Waals surface area contributed by atoms with Gasteiger partial charge in [-0.15, -0.1) is 5.10 Å². The molecule has 0 bridgehead atoms. The molecule has 3 aromatic rings. The van der Waals surface area contributed by atoms with Crippen molar-refractivity contribution in [3.05, 3.63) is 54.5 Å². The SMILES string of the molecule is Cc1ccc(Nc2cnnc(N3CCN(c4ncccn4)CC3)n2)cc1. The molecule has 1 aromatic carbocycles. The number of aryl methyl sites for hydroxylation is 1. The van der Waals surface area contributed by atoms with Crippen LogP contribution >= 0.6 is 0 Å². The van der Waals surface area contributed by atoms with Gasteiger partial charge in [0.05, 0.1) is 6.20 Å². The van der Waals surface area contributed by atoms with E-state index in [1.54, 1.807) is 18.6 Å². The highest BCUT2D eigenvalue weighted by Gasteiger charge is 2.21. The molecule has 0 aliphatic carbocycles. The lowest BCUT2D eigenvalue weighted by Gasteiger charge is -2.34. The summed E-state index contributed by atoms with van der Waals surface area (Å²) in [5, 5.41) is 11.6. The molecule has 0 atom stereocenters. The number of hydrogen-bond acceptors (Lipinski definition) is 8. The lowest BCUT2D eigenvalue weighted by molar-refractivity contribution is 0.624. The van der Waals surface area contributed by atoms with Crippen LogP contribution in [0.1, 0.15) is 5.56 Å². The Bertz CT molecular complexity index is 845. The molecular formula is C18H20N8. The fourth-order valence-corrected chi connectivity index (χ4v) is 2.83. The van der Waals surface area contributed by atoms with Gasteiger partial charge in [0, 0.05) is 44.3 Å². The molecule has 8 heteroatoms. The van der Waals surface area contributed by atoms with E-state index in [0.29, 0.717) is 11.8 Å². The van der Waals surface area contributed by atoms with Crippen LogP contribution in [-0.4, -0.2) is 51.3 Å². The summed E-state index contributed by atoms with van der Waals surface area (Å²) < 4.78 is 0. The minimum absolute atomic E-state index is 0.635. The van der Waals surface area contributed by atoms with E-state index in [-0.39, 0.29) is 0 Å². The maximum atomic E-state index is 4.60. The van der Waals surface area contributed by atoms with Gasteiger partial charge in [-0.25, -0.2) is 9.97 Å². The summed E-state index contributed by atoms with van der Waals surface area (Å²) in [5.74, 6) is 2.09. The van der Waals surface area contributed by atoms with Crippen molar-refractivity contribution in [1.29, 1.82) is 0 Å². The molecular weight excluding hydrogens is 328 g/mol. The van der Waals surface area contributed by atoms with Gasteiger partial charge in [-0.2, -0.15) is 10.1 Å². The van der Waals surface area contributed by atoms with E-state index in [0.717, 1.165) is 37.8 Å². The largest absolute Gasteiger partial charge is 0.339 e. The van der Waals surface area contributed by atoms with Crippen LogP contribution in [0.5, 0.6) is 0 Å². The van der Waals surface area contributed by atoms with E-state index >= 15 is 0 Å². The molecule has 0 unspecified atom stereocenters. The van der Waals surface area contributed by atoms with Crippen molar-refractivity contribution in [1.82, 2.24) is 25.1 Å². The summed E-state index contributed by atoms with van der Waals surface area (Å²) >= 11 is 0. The van der Waals surface area contributed by atoms with Crippen molar-refractivity contribution in [3.8, 4) is 0 Å². The molecule has 26 heavy (non-hydrogen) atoms. The fourth-order valence-electron chi connectivity index (χ4n) is 2.83. The number of rotatable bonds is 4. The molecule has 1 N–H and O–H groups in total. The van der Waals surface area contributed by atoms with Crippen molar-refractivity contribution >= 4 is 23.4 Å². The Morgan fingerprint density at radius 1 is 0.885 bits per heavy atom. The quantitative estimate of drug-likeness (QED) is 0.767. The van der Waals surface area contributed by atoms with Gasteiger partial charge in [0.2, 0.25) is 11.9 Å². The van der Waals surface area contributed by atoms with Gasteiger partial charge in [-0.05, 0) is 25.1 Å². The van der Waals surface area contributed by atoms with Crippen LogP contribution in [-0.2, 0) is 0 Å². The second-order valence-corrected chi connectivity index (χ2v) is 6.16. The molecule has 1 aliphatic heterocycles. The first-order chi connectivity index (χ1) is 12.8. The Morgan fingerprint density at radius 2 is 1.54 bits per heavy atom. The highest BCUT2D eigenvalue weighted by atomic mass is 15.4. The molecule has 1 saturated heterocycles. The smallest absolute Gasteiger partial charge is 0.247 e. The summed E-state index contributed by atoms with van der Waals surface area (Å²) in [6, 6.07) is 9.99. The number of nitrogens with one attached hydrogen (secondary N) is 1. The summed E-state index contributed by atoms with van der Waals surface area (Å²) in [6.45, 7) is 5.31. The zero-order chi connectivity index (χ0) is 17.8. The summed E-state index contributed by atoms with van der Waals surface area (Å²) in [5.41, 5.74) is 2.20. The first-order valence-corrected chi connectivity index (χ1v) is 8.58. The van der Waals surface area contributed by atoms with E-state index in [1.165, 1.54) is 5.56 Å². The lowest BCUT2D eigenvalue weighted by Crippen LogP contribution is -2.47. The van der Waals surface area contributed by atoms with Crippen LogP contribution in [0.25, 0.3) is 0 Å². The van der Waals surface area contributed by atoms with Crippen LogP contribution < -0.4 is 15.1 Å². The molecule has 0 radical (unpaired) electrons. The van der Waals surface area contributed by atoms with E-state index in [4.69, 9.17) is 0 Å². The van der Waals surface area contributed by atoms with Gasteiger partial charge in [0.15, 0.2) is 5.82 Å². The first-order valence-electron chi connectivity index (χ1n) is 8.58. The molecule has 3 heterocycles. The Hall–Kier alpha value is -3.29. The topological polar surface area (TPSA) is 83.0 Å². The molecule has 8 nitrogen and oxygen atoms in total. The van der Waals surface area contributed by atoms with E-state index in [9.17, 15) is 0 Å². The van der Waals surface area contributed by atoms with Crippen molar-refractivity contribution in [3.63, 3.8) is 0 Å². The van der Waals surface area contributed by atoms with Gasteiger partial charge in [0.25, 0.3) is 0 Å². The Morgan fingerprint density at radius 3 is 2.23 bits per heavy atom. The number of hydrogen-bond donors (Lipinski definition) is 1. The third-order valence-corrected chi connectivity index (χ3v) is 4.27. The molecule has 1 aliphatic rings. The summed E-state index contributed by atoms with van der Waals surface area (Å²) in [6.07, 6.45) is 5.17. The molecule has 1 fully saturated rings. The number of piperazine rings is 1. The maximum Gasteiger partial charge on any atom is 0.247 e. The van der Waals surface area contributed by atoms with Gasteiger partial charge < -0.3 is 15.1 Å². The Balaban J connectivity index is 1.42. The van der Waals surface area contributed by atoms with Gasteiger partial charge >= 0.3 is 0 Å². The third-order valence-electron chi connectivity index (χ3n) is 4.27. The van der Waals surface area contributed by atoms with Crippen LogP contribution in [0.3, 0.4) is 0 Å². The predicted molar refractivity (Wildman–Crippen MR) is 101 cm³/mol. The van der Waals surface area contributed by atoms with Crippen molar-refractivity contribution < 1.29 is 0 Å². The predicted octanol–water partition coefficient (Wildman–Crippen LogP) is 2.04. The van der Waals surface area contributed by atoms with Gasteiger partial charge in [0.1, 0.15) is 0 Å². The summed E-state index contributed by atoms with van der Waals surface area (Å²) in [4.78, 5) is 17.5. The molecule has 4 rings (SSSR count). The van der Waals surface area contributed by atoms with Crippen molar-refractivity contribution in [2.45, 2.75) is 6.92 Å². The van der Waals surface area contributed by atoms with Crippen LogP contribution in [0.4, 0.5) is 23.4 Å². The normalized spacial score (nSPS) is 14.3. The molecule has 2 aromatic heterocycles. The van der Waals surface area contributed by atoms with E-state index < -0.39 is 0 Å². The highest BCUT2D eigenvalue weighted by molar-refractivity contribution is 5.56. The van der Waals surface area contributed by atoms with Crippen LogP contribution in [0, 0.1) is 6.92 Å². The van der Waals surface area contributed by atoms with Gasteiger partial charge in [-0.1, -0.05) is 17.7 Å². The zero-order valence-corrected chi connectivity index (χ0v) is 14.6. The molecule has 0 amide bonds. The molecule has 0 saturated carbocycles. The number of benzene rings is 1. The third kappa shape index (κ3) is 3.69. The average Bonchev–Trinajstić information content (AvgIpc) is 2.71.